The molecule has 0 fully saturated rings. The summed E-state index contributed by atoms with van der Waals surface area (Å²) in [6.07, 6.45) is 1.63. The summed E-state index contributed by atoms with van der Waals surface area (Å²) < 4.78 is 5.69. The quantitative estimate of drug-likeness (QED) is 0.578. The smallest absolute Gasteiger partial charge is 0.291 e. The molecule has 1 aromatic carbocycles. The van der Waals surface area contributed by atoms with Gasteiger partial charge >= 0.3 is 0 Å². The summed E-state index contributed by atoms with van der Waals surface area (Å²) >= 11 is 8.93. The molecule has 0 saturated heterocycles. The van der Waals surface area contributed by atoms with Crippen LogP contribution in [0.1, 0.15) is 26.5 Å². The number of pyridine rings is 1. The van der Waals surface area contributed by atoms with E-state index in [1.54, 1.807) is 60.6 Å². The van der Waals surface area contributed by atoms with E-state index in [0.29, 0.717) is 27.6 Å². The van der Waals surface area contributed by atoms with Crippen LogP contribution in [0.25, 0.3) is 0 Å². The highest BCUT2D eigenvalue weighted by Gasteiger charge is 2.15. The van der Waals surface area contributed by atoms with Gasteiger partial charge in [0, 0.05) is 31.0 Å². The summed E-state index contributed by atoms with van der Waals surface area (Å²) in [4.78, 5) is 30.4. The highest BCUT2D eigenvalue weighted by atomic mass is 79.9. The molecule has 0 aliphatic rings. The number of nitrogens with zero attached hydrogens (tertiary/aromatic N) is 2. The lowest BCUT2D eigenvalue weighted by Gasteiger charge is -2.17. The lowest BCUT2D eigenvalue weighted by Crippen LogP contribution is -2.26. The van der Waals surface area contributed by atoms with Crippen LogP contribution in [0, 0.1) is 0 Å². The van der Waals surface area contributed by atoms with Crippen molar-refractivity contribution in [3.8, 4) is 0 Å². The number of carbonyl (C=O) groups excluding carboxylic acids is 2. The number of amides is 2. The van der Waals surface area contributed by atoms with Gasteiger partial charge in [-0.15, -0.1) is 0 Å². The largest absolute Gasteiger partial charge is 0.444 e. The second kappa shape index (κ2) is 8.37. The molecule has 0 spiro atoms. The van der Waals surface area contributed by atoms with Gasteiger partial charge < -0.3 is 14.6 Å². The van der Waals surface area contributed by atoms with Gasteiger partial charge in [0.25, 0.3) is 11.8 Å². The Bertz CT molecular complexity index is 972. The molecule has 2 heterocycles. The zero-order valence-corrected chi connectivity index (χ0v) is 16.6. The molecule has 0 bridgehead atoms. The van der Waals surface area contributed by atoms with E-state index >= 15 is 0 Å². The molecule has 0 aliphatic heterocycles. The third kappa shape index (κ3) is 4.96. The molecule has 0 unspecified atom stereocenters. The van der Waals surface area contributed by atoms with Crippen LogP contribution in [0.5, 0.6) is 0 Å². The first-order chi connectivity index (χ1) is 12.9. The zero-order valence-electron chi connectivity index (χ0n) is 14.3. The van der Waals surface area contributed by atoms with E-state index in [1.165, 1.54) is 0 Å². The van der Waals surface area contributed by atoms with Gasteiger partial charge in [-0.3, -0.25) is 9.59 Å². The third-order valence-electron chi connectivity index (χ3n) is 3.72. The second-order valence-electron chi connectivity index (χ2n) is 5.79. The van der Waals surface area contributed by atoms with Gasteiger partial charge in [-0.05, 0) is 57.9 Å². The lowest BCUT2D eigenvalue weighted by molar-refractivity contribution is 0.0784. The van der Waals surface area contributed by atoms with Gasteiger partial charge in [-0.2, -0.15) is 0 Å². The Labute approximate surface area is 169 Å². The van der Waals surface area contributed by atoms with Crippen molar-refractivity contribution in [3.63, 3.8) is 0 Å². The van der Waals surface area contributed by atoms with Crippen molar-refractivity contribution in [2.45, 2.75) is 6.54 Å². The molecule has 2 amide bonds. The number of rotatable bonds is 5. The number of halogens is 2. The predicted molar refractivity (Wildman–Crippen MR) is 106 cm³/mol. The Morgan fingerprint density at radius 3 is 2.70 bits per heavy atom. The first kappa shape index (κ1) is 19.1. The van der Waals surface area contributed by atoms with E-state index in [1.807, 2.05) is 6.07 Å². The van der Waals surface area contributed by atoms with E-state index in [-0.39, 0.29) is 11.7 Å². The molecule has 6 nitrogen and oxygen atoms in total. The van der Waals surface area contributed by atoms with Crippen LogP contribution in [0.2, 0.25) is 5.15 Å². The first-order valence-corrected chi connectivity index (χ1v) is 9.12. The van der Waals surface area contributed by atoms with Crippen molar-refractivity contribution in [1.29, 1.82) is 0 Å². The number of aromatic nitrogens is 1. The topological polar surface area (TPSA) is 75.4 Å². The molecular formula is C19H15BrClN3O3. The molecule has 0 radical (unpaired) electrons. The van der Waals surface area contributed by atoms with Crippen LogP contribution in [-0.2, 0) is 6.54 Å². The molecule has 2 aromatic heterocycles. The average molecular weight is 449 g/mol. The van der Waals surface area contributed by atoms with Crippen LogP contribution in [0.3, 0.4) is 0 Å². The number of furan rings is 1. The fraction of sp³-hybridized carbons (Fsp3) is 0.105. The predicted octanol–water partition coefficient (Wildman–Crippen LogP) is 4.62. The van der Waals surface area contributed by atoms with E-state index in [2.05, 4.69) is 26.2 Å². The lowest BCUT2D eigenvalue weighted by atomic mass is 10.1. The summed E-state index contributed by atoms with van der Waals surface area (Å²) in [5.74, 6) is -0.404. The Morgan fingerprint density at radius 1 is 1.22 bits per heavy atom. The first-order valence-electron chi connectivity index (χ1n) is 7.95. The standard InChI is InChI=1S/C19H15BrClN3O3/c1-24(11-12-5-8-17(21)22-10-12)19(26)13-3-2-4-14(9-13)23-18(25)15-6-7-16(20)27-15/h2-10H,11H2,1H3,(H,23,25). The van der Waals surface area contributed by atoms with Crippen molar-refractivity contribution >= 4 is 45.0 Å². The van der Waals surface area contributed by atoms with E-state index in [9.17, 15) is 9.59 Å². The Balaban J connectivity index is 1.69. The van der Waals surface area contributed by atoms with Crippen molar-refractivity contribution in [2.75, 3.05) is 12.4 Å². The molecule has 1 N–H and O–H groups in total. The Morgan fingerprint density at radius 2 is 2.04 bits per heavy atom. The monoisotopic (exact) mass is 447 g/mol. The van der Waals surface area contributed by atoms with Crippen LogP contribution < -0.4 is 5.32 Å². The molecule has 0 atom stereocenters. The summed E-state index contributed by atoms with van der Waals surface area (Å²) in [5.41, 5.74) is 1.82. The Kier molecular flexibility index (Phi) is 5.93. The Hall–Kier alpha value is -2.64. The van der Waals surface area contributed by atoms with Gasteiger partial charge in [0.15, 0.2) is 10.4 Å². The molecular weight excluding hydrogens is 434 g/mol. The number of hydrogen-bond donors (Lipinski definition) is 1. The number of benzene rings is 1. The summed E-state index contributed by atoms with van der Waals surface area (Å²) in [5, 5.41) is 3.12. The molecule has 0 saturated carbocycles. The third-order valence-corrected chi connectivity index (χ3v) is 4.37. The number of anilines is 1. The minimum atomic E-state index is -0.397. The van der Waals surface area contributed by atoms with Crippen LogP contribution >= 0.6 is 27.5 Å². The van der Waals surface area contributed by atoms with Crippen molar-refractivity contribution in [3.05, 3.63) is 81.4 Å². The molecule has 3 rings (SSSR count). The maximum Gasteiger partial charge on any atom is 0.291 e. The summed E-state index contributed by atoms with van der Waals surface area (Å²) in [6.45, 7) is 0.389. The SMILES string of the molecule is CN(Cc1ccc(Cl)nc1)C(=O)c1cccc(NC(=O)c2ccc(Br)o2)c1. The van der Waals surface area contributed by atoms with Crippen LogP contribution in [-0.4, -0.2) is 28.7 Å². The summed E-state index contributed by atoms with van der Waals surface area (Å²) in [6, 6.07) is 13.4. The minimum Gasteiger partial charge on any atom is -0.444 e. The second-order valence-corrected chi connectivity index (χ2v) is 6.96. The molecule has 8 heteroatoms. The molecule has 27 heavy (non-hydrogen) atoms. The fourth-order valence-electron chi connectivity index (χ4n) is 2.43. The van der Waals surface area contributed by atoms with Gasteiger partial charge in [0.1, 0.15) is 5.15 Å². The molecule has 3 aromatic rings. The summed E-state index contributed by atoms with van der Waals surface area (Å²) in [7, 11) is 1.70. The average Bonchev–Trinajstić information content (AvgIpc) is 3.10. The van der Waals surface area contributed by atoms with Gasteiger partial charge in [-0.1, -0.05) is 23.7 Å². The van der Waals surface area contributed by atoms with Gasteiger partial charge in [0.05, 0.1) is 0 Å². The normalized spacial score (nSPS) is 10.5. The zero-order chi connectivity index (χ0) is 19.4. The van der Waals surface area contributed by atoms with Crippen molar-refractivity contribution in [2.24, 2.45) is 0 Å². The maximum absolute atomic E-state index is 12.7. The van der Waals surface area contributed by atoms with E-state index < -0.39 is 5.91 Å². The number of nitrogens with one attached hydrogen (secondary N) is 1. The highest BCUT2D eigenvalue weighted by Crippen LogP contribution is 2.18. The number of hydrogen-bond acceptors (Lipinski definition) is 4. The molecule has 138 valence electrons. The maximum atomic E-state index is 12.7. The van der Waals surface area contributed by atoms with Crippen LogP contribution in [0.4, 0.5) is 5.69 Å². The van der Waals surface area contributed by atoms with Crippen molar-refractivity contribution in [1.82, 2.24) is 9.88 Å². The van der Waals surface area contributed by atoms with E-state index in [0.717, 1.165) is 5.56 Å². The van der Waals surface area contributed by atoms with E-state index in [4.69, 9.17) is 16.0 Å². The van der Waals surface area contributed by atoms with Crippen molar-refractivity contribution < 1.29 is 14.0 Å². The highest BCUT2D eigenvalue weighted by molar-refractivity contribution is 9.10. The minimum absolute atomic E-state index is 0.172. The fourth-order valence-corrected chi connectivity index (χ4v) is 2.84. The number of carbonyl (C=O) groups is 2. The van der Waals surface area contributed by atoms with Gasteiger partial charge in [0.2, 0.25) is 0 Å². The van der Waals surface area contributed by atoms with Gasteiger partial charge in [-0.25, -0.2) is 4.98 Å². The van der Waals surface area contributed by atoms with Crippen LogP contribution in [0.15, 0.2) is 63.8 Å². The molecule has 0 aliphatic carbocycles.